The zero-order valence-electron chi connectivity index (χ0n) is 14.9. The van der Waals surface area contributed by atoms with Crippen molar-refractivity contribution in [3.63, 3.8) is 0 Å². The number of hydrogen-bond donors (Lipinski definition) is 1. The molecule has 0 aromatic carbocycles. The number of pyridine rings is 1. The van der Waals surface area contributed by atoms with E-state index in [0.717, 1.165) is 0 Å². The number of nitrogens with one attached hydrogen (secondary N) is 1. The minimum absolute atomic E-state index is 0.118. The summed E-state index contributed by atoms with van der Waals surface area (Å²) in [7, 11) is 3.11. The highest BCUT2D eigenvalue weighted by Crippen LogP contribution is 2.25. The van der Waals surface area contributed by atoms with Gasteiger partial charge < -0.3 is 24.4 Å². The van der Waals surface area contributed by atoms with Crippen LogP contribution in [-0.2, 0) is 14.3 Å². The van der Waals surface area contributed by atoms with Gasteiger partial charge in [-0.25, -0.2) is 4.98 Å². The SMILES string of the molecule is CCOc1ncccc1C(=O)N1CCO[C@@](COC)(CC(=O)NC)C1. The zero-order chi connectivity index (χ0) is 18.3. The molecule has 2 heterocycles. The third-order valence-electron chi connectivity index (χ3n) is 3.99. The molecule has 138 valence electrons. The Morgan fingerprint density at radius 2 is 2.28 bits per heavy atom. The van der Waals surface area contributed by atoms with Crippen molar-refractivity contribution in [2.75, 3.05) is 47.1 Å². The summed E-state index contributed by atoms with van der Waals surface area (Å²) in [6.07, 6.45) is 1.70. The lowest BCUT2D eigenvalue weighted by Crippen LogP contribution is -2.57. The van der Waals surface area contributed by atoms with Gasteiger partial charge in [0.25, 0.3) is 5.91 Å². The molecule has 2 rings (SSSR count). The maximum Gasteiger partial charge on any atom is 0.259 e. The lowest BCUT2D eigenvalue weighted by molar-refractivity contribution is -0.150. The van der Waals surface area contributed by atoms with E-state index in [0.29, 0.717) is 31.2 Å². The first kappa shape index (κ1) is 19.1. The lowest BCUT2D eigenvalue weighted by Gasteiger charge is -2.42. The van der Waals surface area contributed by atoms with Gasteiger partial charge in [-0.05, 0) is 19.1 Å². The number of aromatic nitrogens is 1. The number of methoxy groups -OCH3 is 1. The van der Waals surface area contributed by atoms with Crippen LogP contribution in [0.1, 0.15) is 23.7 Å². The van der Waals surface area contributed by atoms with Gasteiger partial charge in [0.05, 0.1) is 32.8 Å². The van der Waals surface area contributed by atoms with E-state index in [1.165, 1.54) is 0 Å². The maximum atomic E-state index is 13.0. The second kappa shape index (κ2) is 8.77. The smallest absolute Gasteiger partial charge is 0.259 e. The van der Waals surface area contributed by atoms with Crippen LogP contribution in [0.5, 0.6) is 5.88 Å². The van der Waals surface area contributed by atoms with Crippen molar-refractivity contribution in [3.05, 3.63) is 23.9 Å². The molecule has 1 fully saturated rings. The minimum Gasteiger partial charge on any atom is -0.477 e. The molecule has 0 bridgehead atoms. The van der Waals surface area contributed by atoms with E-state index >= 15 is 0 Å². The molecule has 1 aliphatic rings. The van der Waals surface area contributed by atoms with E-state index < -0.39 is 5.60 Å². The Kier molecular flexibility index (Phi) is 6.72. The molecule has 1 aromatic heterocycles. The Balaban J connectivity index is 2.21. The predicted molar refractivity (Wildman–Crippen MR) is 90.6 cm³/mol. The van der Waals surface area contributed by atoms with E-state index in [2.05, 4.69) is 10.3 Å². The van der Waals surface area contributed by atoms with E-state index in [9.17, 15) is 9.59 Å². The number of carbonyl (C=O) groups is 2. The Hall–Kier alpha value is -2.19. The molecule has 8 nitrogen and oxygen atoms in total. The van der Waals surface area contributed by atoms with Crippen molar-refractivity contribution in [1.82, 2.24) is 15.2 Å². The van der Waals surface area contributed by atoms with Gasteiger partial charge in [0.2, 0.25) is 11.8 Å². The molecule has 0 spiro atoms. The van der Waals surface area contributed by atoms with Crippen LogP contribution >= 0.6 is 0 Å². The fourth-order valence-corrected chi connectivity index (χ4v) is 2.88. The topological polar surface area (TPSA) is 90.0 Å². The van der Waals surface area contributed by atoms with Crippen LogP contribution in [0.15, 0.2) is 18.3 Å². The fourth-order valence-electron chi connectivity index (χ4n) is 2.88. The summed E-state index contributed by atoms with van der Waals surface area (Å²) in [5, 5.41) is 2.59. The monoisotopic (exact) mass is 351 g/mol. The number of nitrogens with zero attached hydrogens (tertiary/aromatic N) is 2. The Morgan fingerprint density at radius 1 is 1.48 bits per heavy atom. The molecule has 0 saturated carbocycles. The summed E-state index contributed by atoms with van der Waals surface area (Å²) in [5.74, 6) is -0.0508. The number of hydrogen-bond acceptors (Lipinski definition) is 6. The largest absolute Gasteiger partial charge is 0.477 e. The van der Waals surface area contributed by atoms with Crippen LogP contribution in [0.2, 0.25) is 0 Å². The van der Waals surface area contributed by atoms with Gasteiger partial charge in [0.1, 0.15) is 11.2 Å². The van der Waals surface area contributed by atoms with Crippen molar-refractivity contribution >= 4 is 11.8 Å². The third kappa shape index (κ3) is 4.67. The van der Waals surface area contributed by atoms with E-state index in [1.807, 2.05) is 6.92 Å². The summed E-state index contributed by atoms with van der Waals surface area (Å²) in [6.45, 7) is 3.49. The molecule has 1 aromatic rings. The summed E-state index contributed by atoms with van der Waals surface area (Å²) < 4.78 is 16.5. The maximum absolute atomic E-state index is 13.0. The van der Waals surface area contributed by atoms with Gasteiger partial charge in [-0.15, -0.1) is 0 Å². The van der Waals surface area contributed by atoms with Crippen LogP contribution < -0.4 is 10.1 Å². The van der Waals surface area contributed by atoms with E-state index in [4.69, 9.17) is 14.2 Å². The molecule has 1 aliphatic heterocycles. The van der Waals surface area contributed by atoms with Crippen LogP contribution in [-0.4, -0.2) is 74.4 Å². The first-order valence-corrected chi connectivity index (χ1v) is 8.26. The molecule has 1 saturated heterocycles. The fraction of sp³-hybridized carbons (Fsp3) is 0.588. The van der Waals surface area contributed by atoms with E-state index in [1.54, 1.807) is 37.4 Å². The van der Waals surface area contributed by atoms with Gasteiger partial charge in [0, 0.05) is 26.9 Å². The molecular weight excluding hydrogens is 326 g/mol. The predicted octanol–water partition coefficient (Wildman–Crippen LogP) is 0.474. The van der Waals surface area contributed by atoms with Gasteiger partial charge in [-0.2, -0.15) is 0 Å². The highest BCUT2D eigenvalue weighted by Gasteiger charge is 2.41. The molecule has 8 heteroatoms. The van der Waals surface area contributed by atoms with Crippen molar-refractivity contribution in [3.8, 4) is 5.88 Å². The summed E-state index contributed by atoms with van der Waals surface area (Å²) in [6, 6.07) is 3.38. The molecule has 1 atom stereocenters. The highest BCUT2D eigenvalue weighted by atomic mass is 16.5. The van der Waals surface area contributed by atoms with Crippen LogP contribution in [0, 0.1) is 0 Å². The van der Waals surface area contributed by atoms with Crippen molar-refractivity contribution < 1.29 is 23.8 Å². The molecule has 1 N–H and O–H groups in total. The van der Waals surface area contributed by atoms with Gasteiger partial charge >= 0.3 is 0 Å². The standard InChI is InChI=1S/C17H25N3O5/c1-4-24-15-13(6-5-7-19-15)16(22)20-8-9-25-17(11-20,12-23-3)10-14(21)18-2/h5-7H,4,8-12H2,1-3H3,(H,18,21)/t17-/m0/s1. The van der Waals surface area contributed by atoms with Gasteiger partial charge in [-0.1, -0.05) is 0 Å². The first-order valence-electron chi connectivity index (χ1n) is 8.26. The second-order valence-corrected chi connectivity index (χ2v) is 5.83. The Bertz CT molecular complexity index is 606. The van der Waals surface area contributed by atoms with Crippen molar-refractivity contribution in [1.29, 1.82) is 0 Å². The molecule has 0 radical (unpaired) electrons. The van der Waals surface area contributed by atoms with Crippen LogP contribution in [0.25, 0.3) is 0 Å². The first-order chi connectivity index (χ1) is 12.0. The summed E-state index contributed by atoms with van der Waals surface area (Å²) >= 11 is 0. The van der Waals surface area contributed by atoms with Crippen LogP contribution in [0.3, 0.4) is 0 Å². The highest BCUT2D eigenvalue weighted by molar-refractivity contribution is 5.96. The number of morpholine rings is 1. The Labute approximate surface area is 147 Å². The van der Waals surface area contributed by atoms with Gasteiger partial charge in [-0.3, -0.25) is 9.59 Å². The molecule has 0 unspecified atom stereocenters. The molecule has 25 heavy (non-hydrogen) atoms. The quantitative estimate of drug-likeness (QED) is 0.768. The normalized spacial score (nSPS) is 20.2. The van der Waals surface area contributed by atoms with E-state index in [-0.39, 0.29) is 31.4 Å². The number of rotatable bonds is 7. The molecule has 0 aliphatic carbocycles. The third-order valence-corrected chi connectivity index (χ3v) is 3.99. The molecular formula is C17H25N3O5. The summed E-state index contributed by atoms with van der Waals surface area (Å²) in [4.78, 5) is 30.6. The average molecular weight is 351 g/mol. The molecule has 2 amide bonds. The van der Waals surface area contributed by atoms with Crippen LogP contribution in [0.4, 0.5) is 0 Å². The van der Waals surface area contributed by atoms with Crippen molar-refractivity contribution in [2.45, 2.75) is 18.9 Å². The summed E-state index contributed by atoms with van der Waals surface area (Å²) in [5.41, 5.74) is -0.464. The number of carbonyl (C=O) groups excluding carboxylic acids is 2. The van der Waals surface area contributed by atoms with Gasteiger partial charge in [0.15, 0.2) is 0 Å². The Morgan fingerprint density at radius 3 is 2.96 bits per heavy atom. The lowest BCUT2D eigenvalue weighted by atomic mass is 9.97. The number of ether oxygens (including phenoxy) is 3. The second-order valence-electron chi connectivity index (χ2n) is 5.83. The van der Waals surface area contributed by atoms with Crippen molar-refractivity contribution in [2.24, 2.45) is 0 Å². The number of amides is 2. The average Bonchev–Trinajstić information content (AvgIpc) is 2.62. The minimum atomic E-state index is -0.864. The zero-order valence-corrected chi connectivity index (χ0v) is 14.9.